The highest BCUT2D eigenvalue weighted by molar-refractivity contribution is 5.76. The molecule has 1 aromatic carbocycles. The van der Waals surface area contributed by atoms with Gasteiger partial charge in [0.15, 0.2) is 0 Å². The summed E-state index contributed by atoms with van der Waals surface area (Å²) in [5.41, 5.74) is 1.20. The molecule has 0 aliphatic heterocycles. The van der Waals surface area contributed by atoms with E-state index in [1.807, 2.05) is 54.6 Å². The second kappa shape index (κ2) is 6.68. The fourth-order valence-electron chi connectivity index (χ4n) is 2.55. The van der Waals surface area contributed by atoms with Gasteiger partial charge in [-0.3, -0.25) is 0 Å². The first-order chi connectivity index (χ1) is 9.83. The molecule has 1 atom stereocenters. The Kier molecular flexibility index (Phi) is 4.68. The Bertz CT molecular complexity index is 590. The Labute approximate surface area is 119 Å². The average Bonchev–Trinajstić information content (AvgIpc) is 2.79. The molecular formula is C18H17NO. The number of hydrogen-bond acceptors (Lipinski definition) is 2. The first kappa shape index (κ1) is 14.0. The van der Waals surface area contributed by atoms with E-state index in [1.54, 1.807) is 0 Å². The zero-order valence-corrected chi connectivity index (χ0v) is 11.3. The molecule has 2 nitrogen and oxygen atoms in total. The number of hydrogen-bond donors (Lipinski definition) is 0. The van der Waals surface area contributed by atoms with Gasteiger partial charge in [0.2, 0.25) is 0 Å². The number of nitriles is 1. The van der Waals surface area contributed by atoms with Gasteiger partial charge in [-0.15, -0.1) is 0 Å². The molecule has 0 bridgehead atoms. The Morgan fingerprint density at radius 3 is 2.75 bits per heavy atom. The summed E-state index contributed by atoms with van der Waals surface area (Å²) < 4.78 is 0. The van der Waals surface area contributed by atoms with Crippen LogP contribution < -0.4 is 0 Å². The quantitative estimate of drug-likeness (QED) is 0.757. The van der Waals surface area contributed by atoms with Crippen molar-refractivity contribution in [2.24, 2.45) is 0 Å². The zero-order valence-electron chi connectivity index (χ0n) is 11.3. The fraction of sp³-hybridized carbons (Fsp3) is 0.222. The predicted molar refractivity (Wildman–Crippen MR) is 80.0 cm³/mol. The molecule has 0 radical (unpaired) electrons. The molecule has 1 aliphatic rings. The van der Waals surface area contributed by atoms with Crippen LogP contribution in [0.15, 0.2) is 66.3 Å². The molecule has 1 aromatic rings. The summed E-state index contributed by atoms with van der Waals surface area (Å²) >= 11 is 0. The third-order valence-corrected chi connectivity index (χ3v) is 3.63. The van der Waals surface area contributed by atoms with Crippen molar-refractivity contribution in [3.8, 4) is 6.07 Å². The van der Waals surface area contributed by atoms with E-state index in [1.165, 1.54) is 0 Å². The topological polar surface area (TPSA) is 40.9 Å². The molecule has 0 fully saturated rings. The van der Waals surface area contributed by atoms with Crippen LogP contribution in [0, 0.1) is 11.3 Å². The first-order valence-corrected chi connectivity index (χ1v) is 6.76. The molecule has 0 amide bonds. The molecule has 20 heavy (non-hydrogen) atoms. The molecule has 0 aromatic heterocycles. The maximum absolute atomic E-state index is 11.9. The lowest BCUT2D eigenvalue weighted by Gasteiger charge is -2.29. The fourth-order valence-corrected chi connectivity index (χ4v) is 2.55. The van der Waals surface area contributed by atoms with Crippen molar-refractivity contribution in [3.05, 3.63) is 71.8 Å². The molecule has 2 rings (SSSR count). The van der Waals surface area contributed by atoms with E-state index in [0.29, 0.717) is 12.8 Å². The van der Waals surface area contributed by atoms with E-state index >= 15 is 0 Å². The van der Waals surface area contributed by atoms with E-state index in [2.05, 4.69) is 12.1 Å². The maximum atomic E-state index is 11.9. The van der Waals surface area contributed by atoms with Gasteiger partial charge in [0.05, 0.1) is 11.5 Å². The van der Waals surface area contributed by atoms with E-state index in [4.69, 9.17) is 5.26 Å². The summed E-state index contributed by atoms with van der Waals surface area (Å²) in [4.78, 5) is 11.9. The van der Waals surface area contributed by atoms with Crippen molar-refractivity contribution in [2.75, 3.05) is 0 Å². The van der Waals surface area contributed by atoms with Crippen LogP contribution in [0.4, 0.5) is 0 Å². The van der Waals surface area contributed by atoms with E-state index in [0.717, 1.165) is 23.8 Å². The monoisotopic (exact) mass is 263 g/mol. The van der Waals surface area contributed by atoms with Crippen LogP contribution in [0.3, 0.4) is 0 Å². The smallest absolute Gasteiger partial charge is 0.134 e. The minimum atomic E-state index is -0.723. The summed E-state index contributed by atoms with van der Waals surface area (Å²) in [5.74, 6) is 0. The number of aldehydes is 1. The highest BCUT2D eigenvalue weighted by atomic mass is 16.1. The van der Waals surface area contributed by atoms with Crippen molar-refractivity contribution in [1.29, 1.82) is 5.26 Å². The molecule has 1 aliphatic carbocycles. The van der Waals surface area contributed by atoms with Crippen LogP contribution in [0.2, 0.25) is 0 Å². The van der Waals surface area contributed by atoms with Gasteiger partial charge < -0.3 is 4.79 Å². The minimum Gasteiger partial charge on any atom is -0.302 e. The van der Waals surface area contributed by atoms with Crippen LogP contribution in [0.1, 0.15) is 24.8 Å². The van der Waals surface area contributed by atoms with Crippen LogP contribution >= 0.6 is 0 Å². The van der Waals surface area contributed by atoms with Crippen LogP contribution in [0.25, 0.3) is 0 Å². The van der Waals surface area contributed by atoms with Crippen LogP contribution in [-0.2, 0) is 10.2 Å². The Balaban J connectivity index is 2.51. The number of carbonyl (C=O) groups is 1. The summed E-state index contributed by atoms with van der Waals surface area (Å²) in [5, 5.41) is 8.91. The Hall–Kier alpha value is -2.40. The number of carbonyl (C=O) groups excluding carboxylic acids is 1. The molecule has 2 heteroatoms. The Morgan fingerprint density at radius 2 is 2.05 bits per heavy atom. The lowest BCUT2D eigenvalue weighted by Crippen LogP contribution is -2.30. The summed E-state index contributed by atoms with van der Waals surface area (Å²) in [6.07, 6.45) is 12.7. The van der Waals surface area contributed by atoms with E-state index < -0.39 is 5.41 Å². The number of rotatable bonds is 5. The van der Waals surface area contributed by atoms with Gasteiger partial charge in [0, 0.05) is 6.42 Å². The lowest BCUT2D eigenvalue weighted by atomic mass is 9.71. The third kappa shape index (κ3) is 2.78. The van der Waals surface area contributed by atoms with Gasteiger partial charge in [-0.1, -0.05) is 60.7 Å². The molecule has 0 N–H and O–H groups in total. The van der Waals surface area contributed by atoms with Gasteiger partial charge in [0.1, 0.15) is 6.29 Å². The summed E-state index contributed by atoms with van der Waals surface area (Å²) in [6, 6.07) is 11.9. The normalized spacial score (nSPS) is 16.6. The second-order valence-electron chi connectivity index (χ2n) is 4.80. The average molecular weight is 263 g/mol. The minimum absolute atomic E-state index is 0.353. The van der Waals surface area contributed by atoms with Crippen molar-refractivity contribution < 1.29 is 4.79 Å². The van der Waals surface area contributed by atoms with Crippen LogP contribution in [-0.4, -0.2) is 6.29 Å². The molecule has 0 heterocycles. The van der Waals surface area contributed by atoms with Gasteiger partial charge in [-0.2, -0.15) is 5.26 Å². The zero-order chi connectivity index (χ0) is 14.3. The maximum Gasteiger partial charge on any atom is 0.134 e. The lowest BCUT2D eigenvalue weighted by molar-refractivity contribution is -0.111. The van der Waals surface area contributed by atoms with Crippen LogP contribution in [0.5, 0.6) is 0 Å². The molecule has 0 spiro atoms. The summed E-state index contributed by atoms with van der Waals surface area (Å²) in [7, 11) is 0. The summed E-state index contributed by atoms with van der Waals surface area (Å²) in [6.45, 7) is 0. The molecule has 0 saturated carbocycles. The molecular weight excluding hydrogens is 246 g/mol. The molecule has 100 valence electrons. The predicted octanol–water partition coefficient (Wildman–Crippen LogP) is 3.87. The van der Waals surface area contributed by atoms with Gasteiger partial charge in [-0.25, -0.2) is 0 Å². The highest BCUT2D eigenvalue weighted by Crippen LogP contribution is 2.36. The largest absolute Gasteiger partial charge is 0.302 e. The van der Waals surface area contributed by atoms with Crippen molar-refractivity contribution in [3.63, 3.8) is 0 Å². The van der Waals surface area contributed by atoms with Gasteiger partial charge in [-0.05, 0) is 24.0 Å². The first-order valence-electron chi connectivity index (χ1n) is 6.76. The van der Waals surface area contributed by atoms with Crippen molar-refractivity contribution in [1.82, 2.24) is 0 Å². The van der Waals surface area contributed by atoms with Gasteiger partial charge in [0.25, 0.3) is 0 Å². The second-order valence-corrected chi connectivity index (χ2v) is 4.80. The van der Waals surface area contributed by atoms with Crippen molar-refractivity contribution in [2.45, 2.75) is 24.7 Å². The van der Waals surface area contributed by atoms with Crippen molar-refractivity contribution >= 4 is 6.29 Å². The standard InChI is InChI=1S/C18H17NO/c19-14-8-13-18(15-20,17-11-6-3-7-12-17)16-9-4-1-2-5-10-16/h1-4,6-7,9-12,15H,5,8,13H2. The highest BCUT2D eigenvalue weighted by Gasteiger charge is 2.34. The molecule has 0 saturated heterocycles. The Morgan fingerprint density at radius 1 is 1.25 bits per heavy atom. The molecule has 1 unspecified atom stereocenters. The SMILES string of the molecule is N#CCCC(C=O)(C1=CCC=CC=C1)c1ccccc1. The number of benzene rings is 1. The van der Waals surface area contributed by atoms with E-state index in [9.17, 15) is 4.79 Å². The third-order valence-electron chi connectivity index (χ3n) is 3.63. The van der Waals surface area contributed by atoms with Gasteiger partial charge >= 0.3 is 0 Å². The van der Waals surface area contributed by atoms with E-state index in [-0.39, 0.29) is 0 Å². The number of allylic oxidation sites excluding steroid dienone is 6. The number of nitrogens with zero attached hydrogens (tertiary/aromatic N) is 1.